The van der Waals surface area contributed by atoms with Gasteiger partial charge >= 0.3 is 0 Å². The Labute approximate surface area is 78.5 Å². The Bertz CT molecular complexity index is 217. The molecule has 1 saturated heterocycles. The highest BCUT2D eigenvalue weighted by molar-refractivity contribution is 5.79. The van der Waals surface area contributed by atoms with Gasteiger partial charge in [0.25, 0.3) is 0 Å². The molecule has 1 saturated carbocycles. The molecule has 2 fully saturated rings. The van der Waals surface area contributed by atoms with Crippen molar-refractivity contribution in [2.75, 3.05) is 0 Å². The van der Waals surface area contributed by atoms with E-state index in [0.29, 0.717) is 30.6 Å². The van der Waals surface area contributed by atoms with Crippen LogP contribution >= 0.6 is 0 Å². The van der Waals surface area contributed by atoms with E-state index in [2.05, 4.69) is 5.32 Å². The van der Waals surface area contributed by atoms with Crippen molar-refractivity contribution in [3.05, 3.63) is 0 Å². The zero-order valence-corrected chi connectivity index (χ0v) is 7.99. The van der Waals surface area contributed by atoms with Crippen LogP contribution in [0.2, 0.25) is 0 Å². The van der Waals surface area contributed by atoms with Crippen LogP contribution in [0.15, 0.2) is 0 Å². The second-order valence-corrected chi connectivity index (χ2v) is 4.41. The summed E-state index contributed by atoms with van der Waals surface area (Å²) in [7, 11) is 0. The monoisotopic (exact) mass is 183 g/mol. The molecule has 4 atom stereocenters. The van der Waals surface area contributed by atoms with Crippen molar-refractivity contribution in [1.29, 1.82) is 0 Å². The van der Waals surface area contributed by atoms with Crippen molar-refractivity contribution in [3.8, 4) is 0 Å². The molecule has 0 unspecified atom stereocenters. The largest absolute Gasteiger partial charge is 0.392 e. The number of piperidine rings is 1. The van der Waals surface area contributed by atoms with E-state index >= 15 is 0 Å². The third-order valence-corrected chi connectivity index (χ3v) is 3.41. The van der Waals surface area contributed by atoms with E-state index in [1.54, 1.807) is 0 Å². The molecule has 0 aromatic rings. The standard InChI is InChI=1S/C10H17NO2/c1-6-10(13)4-7-2-3-8(12)5-9(7)11-6/h6-7,9-11,13H,2-5H2,1H3/t6-,7+,9+,10-/m0/s1. The molecule has 0 aromatic heterocycles. The summed E-state index contributed by atoms with van der Waals surface area (Å²) < 4.78 is 0. The fourth-order valence-electron chi connectivity index (χ4n) is 2.50. The number of fused-ring (bicyclic) bond motifs is 1. The van der Waals surface area contributed by atoms with E-state index in [-0.39, 0.29) is 12.1 Å². The number of carbonyl (C=O) groups is 1. The maximum Gasteiger partial charge on any atom is 0.134 e. The van der Waals surface area contributed by atoms with Gasteiger partial charge < -0.3 is 10.4 Å². The average Bonchev–Trinajstić information content (AvgIpc) is 2.08. The second-order valence-electron chi connectivity index (χ2n) is 4.41. The Morgan fingerprint density at radius 1 is 1.54 bits per heavy atom. The van der Waals surface area contributed by atoms with Crippen LogP contribution in [0.3, 0.4) is 0 Å². The number of Topliss-reactive ketones (excluding diaryl/α,β-unsaturated/α-hetero) is 1. The highest BCUT2D eigenvalue weighted by Gasteiger charge is 2.37. The summed E-state index contributed by atoms with van der Waals surface area (Å²) in [5, 5.41) is 13.0. The van der Waals surface area contributed by atoms with E-state index < -0.39 is 0 Å². The molecule has 2 aliphatic rings. The quantitative estimate of drug-likeness (QED) is 0.574. The Morgan fingerprint density at radius 3 is 3.08 bits per heavy atom. The molecule has 1 heterocycles. The van der Waals surface area contributed by atoms with Crippen molar-refractivity contribution < 1.29 is 9.90 Å². The van der Waals surface area contributed by atoms with Crippen molar-refractivity contribution in [2.24, 2.45) is 5.92 Å². The summed E-state index contributed by atoms with van der Waals surface area (Å²) in [6, 6.07) is 0.479. The number of ketones is 1. The Kier molecular flexibility index (Phi) is 2.39. The molecule has 3 nitrogen and oxygen atoms in total. The van der Waals surface area contributed by atoms with Gasteiger partial charge in [-0.25, -0.2) is 0 Å². The molecule has 13 heavy (non-hydrogen) atoms. The second kappa shape index (κ2) is 3.39. The number of aliphatic hydroxyl groups is 1. The molecule has 1 aliphatic carbocycles. The van der Waals surface area contributed by atoms with Crippen molar-refractivity contribution in [1.82, 2.24) is 5.32 Å². The highest BCUT2D eigenvalue weighted by atomic mass is 16.3. The Morgan fingerprint density at radius 2 is 2.31 bits per heavy atom. The van der Waals surface area contributed by atoms with Crippen LogP contribution in [0.4, 0.5) is 0 Å². The van der Waals surface area contributed by atoms with Crippen LogP contribution in [0, 0.1) is 5.92 Å². The van der Waals surface area contributed by atoms with Gasteiger partial charge in [0.1, 0.15) is 5.78 Å². The number of nitrogens with one attached hydrogen (secondary N) is 1. The van der Waals surface area contributed by atoms with Gasteiger partial charge in [-0.05, 0) is 25.7 Å². The summed E-state index contributed by atoms with van der Waals surface area (Å²) >= 11 is 0. The van der Waals surface area contributed by atoms with E-state index in [1.807, 2.05) is 6.92 Å². The van der Waals surface area contributed by atoms with E-state index in [0.717, 1.165) is 12.8 Å². The minimum atomic E-state index is -0.227. The first kappa shape index (κ1) is 9.16. The van der Waals surface area contributed by atoms with Crippen LogP contribution in [0.1, 0.15) is 32.6 Å². The molecular weight excluding hydrogens is 166 g/mol. The molecule has 0 radical (unpaired) electrons. The van der Waals surface area contributed by atoms with Gasteiger partial charge in [-0.3, -0.25) is 4.79 Å². The minimum Gasteiger partial charge on any atom is -0.392 e. The predicted octanol–water partition coefficient (Wildman–Crippen LogP) is 0.467. The fourth-order valence-corrected chi connectivity index (χ4v) is 2.50. The zero-order chi connectivity index (χ0) is 9.42. The summed E-state index contributed by atoms with van der Waals surface area (Å²) in [5.41, 5.74) is 0. The van der Waals surface area contributed by atoms with Gasteiger partial charge in [-0.15, -0.1) is 0 Å². The van der Waals surface area contributed by atoms with Crippen LogP contribution in [0.25, 0.3) is 0 Å². The van der Waals surface area contributed by atoms with Crippen molar-refractivity contribution in [3.63, 3.8) is 0 Å². The fraction of sp³-hybridized carbons (Fsp3) is 0.900. The normalized spacial score (nSPS) is 45.8. The predicted molar refractivity (Wildman–Crippen MR) is 49.4 cm³/mol. The third-order valence-electron chi connectivity index (χ3n) is 3.41. The van der Waals surface area contributed by atoms with Crippen molar-refractivity contribution >= 4 is 5.78 Å². The lowest BCUT2D eigenvalue weighted by Crippen LogP contribution is -2.55. The SMILES string of the molecule is C[C@@H]1N[C@@H]2CC(=O)CC[C@@H]2C[C@@H]1O. The smallest absolute Gasteiger partial charge is 0.134 e. The number of aliphatic hydroxyl groups excluding tert-OH is 1. The number of hydrogen-bond acceptors (Lipinski definition) is 3. The zero-order valence-electron chi connectivity index (χ0n) is 7.99. The van der Waals surface area contributed by atoms with Gasteiger partial charge in [0.15, 0.2) is 0 Å². The van der Waals surface area contributed by atoms with Crippen LogP contribution < -0.4 is 5.32 Å². The summed E-state index contributed by atoms with van der Waals surface area (Å²) in [4.78, 5) is 11.2. The maximum absolute atomic E-state index is 11.2. The number of rotatable bonds is 0. The molecular formula is C10H17NO2. The van der Waals surface area contributed by atoms with E-state index in [9.17, 15) is 9.90 Å². The van der Waals surface area contributed by atoms with E-state index in [1.165, 1.54) is 0 Å². The van der Waals surface area contributed by atoms with Crippen molar-refractivity contribution in [2.45, 2.75) is 50.8 Å². The Hall–Kier alpha value is -0.410. The van der Waals surface area contributed by atoms with Gasteiger partial charge in [0, 0.05) is 24.9 Å². The van der Waals surface area contributed by atoms with Crippen LogP contribution in [-0.4, -0.2) is 29.1 Å². The van der Waals surface area contributed by atoms with E-state index in [4.69, 9.17) is 0 Å². The summed E-state index contributed by atoms with van der Waals surface area (Å²) in [5.74, 6) is 0.890. The third kappa shape index (κ3) is 1.76. The van der Waals surface area contributed by atoms with Gasteiger partial charge in [-0.2, -0.15) is 0 Å². The lowest BCUT2D eigenvalue weighted by atomic mass is 9.76. The summed E-state index contributed by atoms with van der Waals surface area (Å²) in [6.07, 6.45) is 2.98. The maximum atomic E-state index is 11.2. The molecule has 2 N–H and O–H groups in total. The Balaban J connectivity index is 2.02. The topological polar surface area (TPSA) is 49.3 Å². The summed E-state index contributed by atoms with van der Waals surface area (Å²) in [6.45, 7) is 1.99. The molecule has 0 bridgehead atoms. The molecule has 74 valence electrons. The molecule has 0 amide bonds. The lowest BCUT2D eigenvalue weighted by molar-refractivity contribution is -0.123. The number of hydrogen-bond donors (Lipinski definition) is 2. The number of carbonyl (C=O) groups excluding carboxylic acids is 1. The first-order valence-electron chi connectivity index (χ1n) is 5.12. The first-order valence-corrected chi connectivity index (χ1v) is 5.12. The van der Waals surface area contributed by atoms with Crippen LogP contribution in [0.5, 0.6) is 0 Å². The van der Waals surface area contributed by atoms with Gasteiger partial charge in [0.05, 0.1) is 6.10 Å². The van der Waals surface area contributed by atoms with Gasteiger partial charge in [-0.1, -0.05) is 0 Å². The van der Waals surface area contributed by atoms with Crippen LogP contribution in [-0.2, 0) is 4.79 Å². The molecule has 1 aliphatic heterocycles. The van der Waals surface area contributed by atoms with Gasteiger partial charge in [0.2, 0.25) is 0 Å². The average molecular weight is 183 g/mol. The lowest BCUT2D eigenvalue weighted by Gasteiger charge is -2.41. The molecule has 0 aromatic carbocycles. The minimum absolute atomic E-state index is 0.146. The molecule has 2 rings (SSSR count). The molecule has 3 heteroatoms. The first-order chi connectivity index (χ1) is 6.16. The molecule has 0 spiro atoms. The highest BCUT2D eigenvalue weighted by Crippen LogP contribution is 2.30.